The second kappa shape index (κ2) is 8.83. The monoisotopic (exact) mass is 431 g/mol. The predicted octanol–water partition coefficient (Wildman–Crippen LogP) is 1.98. The van der Waals surface area contributed by atoms with Crippen molar-refractivity contribution in [2.75, 3.05) is 39.3 Å². The number of halogens is 1. The van der Waals surface area contributed by atoms with E-state index in [1.165, 1.54) is 28.1 Å². The van der Waals surface area contributed by atoms with Gasteiger partial charge >= 0.3 is 0 Å². The molecule has 0 saturated carbocycles. The van der Waals surface area contributed by atoms with Gasteiger partial charge in [-0.15, -0.1) is 0 Å². The van der Waals surface area contributed by atoms with Crippen molar-refractivity contribution in [3.8, 4) is 0 Å². The molecular weight excluding hydrogens is 405 g/mol. The lowest BCUT2D eigenvalue weighted by molar-refractivity contribution is -0.132. The third kappa shape index (κ3) is 4.40. The molecular formula is C22H26FN3O3S. The quantitative estimate of drug-likeness (QED) is 0.702. The Balaban J connectivity index is 1.32. The number of hydrogen-bond donors (Lipinski definition) is 0. The second-order valence-electron chi connectivity index (χ2n) is 7.76. The van der Waals surface area contributed by atoms with Gasteiger partial charge in [-0.2, -0.15) is 4.31 Å². The molecule has 30 heavy (non-hydrogen) atoms. The topological polar surface area (TPSA) is 60.9 Å². The molecule has 0 spiro atoms. The Bertz CT molecular complexity index is 992. The van der Waals surface area contributed by atoms with Crippen LogP contribution in [0.4, 0.5) is 4.39 Å². The van der Waals surface area contributed by atoms with Gasteiger partial charge in [0.2, 0.25) is 15.9 Å². The summed E-state index contributed by atoms with van der Waals surface area (Å²) in [6.07, 6.45) is 1.60. The average molecular weight is 432 g/mol. The highest BCUT2D eigenvalue weighted by atomic mass is 32.2. The van der Waals surface area contributed by atoms with E-state index in [1.54, 1.807) is 0 Å². The van der Waals surface area contributed by atoms with Gasteiger partial charge in [-0.05, 0) is 36.6 Å². The number of sulfonamides is 1. The molecule has 0 aliphatic carbocycles. The first-order chi connectivity index (χ1) is 14.4. The SMILES string of the molecule is O=C1C(N2CCN(S(=O)(=O)c3cccc(F)c3)CC2)CCN1CCc1ccccc1. The molecule has 2 aliphatic rings. The molecule has 8 heteroatoms. The highest BCUT2D eigenvalue weighted by Crippen LogP contribution is 2.23. The summed E-state index contributed by atoms with van der Waals surface area (Å²) in [5.41, 5.74) is 1.21. The number of benzene rings is 2. The van der Waals surface area contributed by atoms with Crippen molar-refractivity contribution in [3.05, 3.63) is 66.0 Å². The number of rotatable bonds is 6. The summed E-state index contributed by atoms with van der Waals surface area (Å²) in [6.45, 7) is 3.03. The van der Waals surface area contributed by atoms with Crippen LogP contribution in [-0.2, 0) is 21.2 Å². The fourth-order valence-corrected chi connectivity index (χ4v) is 5.68. The van der Waals surface area contributed by atoms with Gasteiger partial charge in [0.1, 0.15) is 5.82 Å². The fourth-order valence-electron chi connectivity index (χ4n) is 4.22. The maximum atomic E-state index is 13.4. The van der Waals surface area contributed by atoms with Crippen molar-refractivity contribution in [2.24, 2.45) is 0 Å². The van der Waals surface area contributed by atoms with Crippen molar-refractivity contribution in [1.82, 2.24) is 14.1 Å². The first-order valence-corrected chi connectivity index (χ1v) is 11.7. The van der Waals surface area contributed by atoms with Gasteiger partial charge in [-0.25, -0.2) is 12.8 Å². The van der Waals surface area contributed by atoms with E-state index in [1.807, 2.05) is 23.1 Å². The zero-order chi connectivity index (χ0) is 21.1. The highest BCUT2D eigenvalue weighted by molar-refractivity contribution is 7.89. The first-order valence-electron chi connectivity index (χ1n) is 10.3. The van der Waals surface area contributed by atoms with Gasteiger partial charge in [-0.3, -0.25) is 9.69 Å². The van der Waals surface area contributed by atoms with Gasteiger partial charge in [0.15, 0.2) is 0 Å². The lowest BCUT2D eigenvalue weighted by Crippen LogP contribution is -2.53. The molecule has 1 unspecified atom stereocenters. The van der Waals surface area contributed by atoms with E-state index < -0.39 is 15.8 Å². The zero-order valence-electron chi connectivity index (χ0n) is 16.8. The minimum atomic E-state index is -3.72. The minimum absolute atomic E-state index is 0.0278. The van der Waals surface area contributed by atoms with Crippen LogP contribution in [0.5, 0.6) is 0 Å². The van der Waals surface area contributed by atoms with Gasteiger partial charge < -0.3 is 4.90 Å². The Morgan fingerprint density at radius 2 is 1.67 bits per heavy atom. The Hall–Kier alpha value is -2.29. The minimum Gasteiger partial charge on any atom is -0.341 e. The summed E-state index contributed by atoms with van der Waals surface area (Å²) in [6, 6.07) is 15.0. The normalized spacial score (nSPS) is 21.3. The van der Waals surface area contributed by atoms with Crippen molar-refractivity contribution >= 4 is 15.9 Å². The van der Waals surface area contributed by atoms with Crippen LogP contribution < -0.4 is 0 Å². The lowest BCUT2D eigenvalue weighted by atomic mass is 10.1. The molecule has 2 heterocycles. The molecule has 2 aliphatic heterocycles. The number of likely N-dealkylation sites (tertiary alicyclic amines) is 1. The molecule has 160 valence electrons. The fraction of sp³-hybridized carbons (Fsp3) is 0.409. The molecule has 4 rings (SSSR count). The number of amides is 1. The summed E-state index contributed by atoms with van der Waals surface area (Å²) in [4.78, 5) is 16.8. The molecule has 0 bridgehead atoms. The van der Waals surface area contributed by atoms with E-state index >= 15 is 0 Å². The maximum Gasteiger partial charge on any atom is 0.243 e. The van der Waals surface area contributed by atoms with Crippen LogP contribution in [-0.4, -0.2) is 73.7 Å². The number of carbonyl (C=O) groups is 1. The van der Waals surface area contributed by atoms with Gasteiger partial charge in [0.25, 0.3) is 0 Å². The Morgan fingerprint density at radius 1 is 0.933 bits per heavy atom. The van der Waals surface area contributed by atoms with E-state index in [2.05, 4.69) is 17.0 Å². The summed E-state index contributed by atoms with van der Waals surface area (Å²) in [5, 5.41) is 0. The van der Waals surface area contributed by atoms with Crippen molar-refractivity contribution in [3.63, 3.8) is 0 Å². The second-order valence-corrected chi connectivity index (χ2v) is 9.70. The third-order valence-corrected chi connectivity index (χ3v) is 7.82. The molecule has 2 saturated heterocycles. The number of piperazine rings is 1. The van der Waals surface area contributed by atoms with Crippen molar-refractivity contribution < 1.29 is 17.6 Å². The Kier molecular flexibility index (Phi) is 6.17. The van der Waals surface area contributed by atoms with Gasteiger partial charge in [0.05, 0.1) is 10.9 Å². The smallest absolute Gasteiger partial charge is 0.243 e. The molecule has 2 fully saturated rings. The molecule has 0 aromatic heterocycles. The van der Waals surface area contributed by atoms with E-state index in [9.17, 15) is 17.6 Å². The van der Waals surface area contributed by atoms with E-state index in [-0.39, 0.29) is 16.8 Å². The highest BCUT2D eigenvalue weighted by Gasteiger charge is 2.38. The first kappa shape index (κ1) is 21.0. The predicted molar refractivity (Wildman–Crippen MR) is 112 cm³/mol. The third-order valence-electron chi connectivity index (χ3n) is 5.93. The van der Waals surface area contributed by atoms with Crippen LogP contribution >= 0.6 is 0 Å². The number of nitrogens with zero attached hydrogens (tertiary/aromatic N) is 3. The molecule has 2 aromatic rings. The number of carbonyl (C=O) groups excluding carboxylic acids is 1. The summed E-state index contributed by atoms with van der Waals surface area (Å²) < 4.78 is 40.4. The average Bonchev–Trinajstić information content (AvgIpc) is 3.13. The van der Waals surface area contributed by atoms with Crippen LogP contribution in [0, 0.1) is 5.82 Å². The largest absolute Gasteiger partial charge is 0.341 e. The van der Waals surface area contributed by atoms with Crippen molar-refractivity contribution in [1.29, 1.82) is 0 Å². The van der Waals surface area contributed by atoms with Gasteiger partial charge in [0, 0.05) is 39.3 Å². The standard InChI is InChI=1S/C22H26FN3O3S/c23-19-7-4-8-20(17-19)30(28,29)26-15-13-24(14-16-26)21-10-12-25(22(21)27)11-9-18-5-2-1-3-6-18/h1-8,17,21H,9-16H2. The zero-order valence-corrected chi connectivity index (χ0v) is 17.6. The molecule has 2 aromatic carbocycles. The number of hydrogen-bond acceptors (Lipinski definition) is 4. The van der Waals surface area contributed by atoms with Crippen LogP contribution in [0.1, 0.15) is 12.0 Å². The Labute approximate surface area is 176 Å². The van der Waals surface area contributed by atoms with E-state index in [0.717, 1.165) is 25.5 Å². The van der Waals surface area contributed by atoms with Crippen LogP contribution in [0.25, 0.3) is 0 Å². The molecule has 6 nitrogen and oxygen atoms in total. The molecule has 0 N–H and O–H groups in total. The van der Waals surface area contributed by atoms with Crippen molar-refractivity contribution in [2.45, 2.75) is 23.8 Å². The summed E-state index contributed by atoms with van der Waals surface area (Å²) in [7, 11) is -3.72. The molecule has 1 amide bonds. The maximum absolute atomic E-state index is 13.4. The molecule has 0 radical (unpaired) electrons. The van der Waals surface area contributed by atoms with Crippen LogP contribution in [0.2, 0.25) is 0 Å². The van der Waals surface area contributed by atoms with Crippen LogP contribution in [0.15, 0.2) is 59.5 Å². The van der Waals surface area contributed by atoms with Crippen LogP contribution in [0.3, 0.4) is 0 Å². The summed E-state index contributed by atoms with van der Waals surface area (Å²) >= 11 is 0. The Morgan fingerprint density at radius 3 is 2.37 bits per heavy atom. The molecule has 1 atom stereocenters. The van der Waals surface area contributed by atoms with E-state index in [4.69, 9.17) is 0 Å². The van der Waals surface area contributed by atoms with Gasteiger partial charge in [-0.1, -0.05) is 36.4 Å². The van der Waals surface area contributed by atoms with E-state index in [0.29, 0.717) is 32.7 Å². The lowest BCUT2D eigenvalue weighted by Gasteiger charge is -2.36. The summed E-state index contributed by atoms with van der Waals surface area (Å²) in [5.74, 6) is -0.436.